The average Bonchev–Trinajstić information content (AvgIpc) is 2.96. The Morgan fingerprint density at radius 2 is 1.77 bits per heavy atom. The Labute approximate surface area is 126 Å². The Morgan fingerprint density at radius 3 is 2.41 bits per heavy atom. The van der Waals surface area contributed by atoms with Gasteiger partial charge in [0.1, 0.15) is 5.03 Å². The Morgan fingerprint density at radius 1 is 1.00 bits per heavy atom. The van der Waals surface area contributed by atoms with Crippen LogP contribution in [0.3, 0.4) is 0 Å². The molecule has 0 saturated heterocycles. The monoisotopic (exact) mass is 324 g/mol. The molecule has 0 unspecified atom stereocenters. The first-order valence-corrected chi connectivity index (χ1v) is 6.79. The number of hydrogen-bond acceptors (Lipinski definition) is 6. The fraction of sp³-hybridized carbons (Fsp3) is 0.0769. The Kier molecular flexibility index (Phi) is 3.80. The fourth-order valence-corrected chi connectivity index (χ4v) is 2.18. The van der Waals surface area contributed by atoms with Crippen molar-refractivity contribution >= 4 is 11.8 Å². The maximum absolute atomic E-state index is 12.4. The molecule has 22 heavy (non-hydrogen) atoms. The van der Waals surface area contributed by atoms with E-state index in [4.69, 9.17) is 4.42 Å². The quantitative estimate of drug-likeness (QED) is 0.732. The summed E-state index contributed by atoms with van der Waals surface area (Å²) in [5.41, 5.74) is -0.102. The molecule has 0 spiro atoms. The third-order valence-corrected chi connectivity index (χ3v) is 3.38. The number of halogens is 3. The van der Waals surface area contributed by atoms with E-state index in [1.807, 2.05) is 0 Å². The van der Waals surface area contributed by atoms with E-state index in [2.05, 4.69) is 20.2 Å². The smallest absolute Gasteiger partial charge is 0.411 e. The second-order valence-corrected chi connectivity index (χ2v) is 5.07. The third-order valence-electron chi connectivity index (χ3n) is 2.59. The van der Waals surface area contributed by atoms with Gasteiger partial charge < -0.3 is 4.42 Å². The van der Waals surface area contributed by atoms with Crippen LogP contribution in [0.25, 0.3) is 11.5 Å². The Balaban J connectivity index is 1.76. The first-order chi connectivity index (χ1) is 10.5. The molecule has 0 bridgehead atoms. The molecule has 3 aromatic heterocycles. The lowest BCUT2D eigenvalue weighted by atomic mass is 10.3. The summed E-state index contributed by atoms with van der Waals surface area (Å²) in [6, 6.07) is 5.62. The van der Waals surface area contributed by atoms with E-state index < -0.39 is 11.7 Å². The molecule has 0 atom stereocenters. The van der Waals surface area contributed by atoms with Gasteiger partial charge >= 0.3 is 6.18 Å². The van der Waals surface area contributed by atoms with Gasteiger partial charge in [0.2, 0.25) is 5.89 Å². The Hall–Kier alpha value is -2.42. The molecule has 0 radical (unpaired) electrons. The molecule has 3 heterocycles. The summed E-state index contributed by atoms with van der Waals surface area (Å²) in [4.78, 5) is 7.60. The molecule has 5 nitrogen and oxygen atoms in total. The molecular formula is C13H7F3N4OS. The van der Waals surface area contributed by atoms with Crippen molar-refractivity contribution in [1.29, 1.82) is 0 Å². The predicted octanol–water partition coefficient (Wildman–Crippen LogP) is 3.70. The van der Waals surface area contributed by atoms with Gasteiger partial charge in [0, 0.05) is 24.2 Å². The van der Waals surface area contributed by atoms with E-state index in [9.17, 15) is 13.2 Å². The summed E-state index contributed by atoms with van der Waals surface area (Å²) >= 11 is 0.988. The van der Waals surface area contributed by atoms with Gasteiger partial charge in [-0.25, -0.2) is 4.98 Å². The van der Waals surface area contributed by atoms with E-state index in [0.29, 0.717) is 16.5 Å². The van der Waals surface area contributed by atoms with Crippen molar-refractivity contribution in [2.45, 2.75) is 16.4 Å². The van der Waals surface area contributed by atoms with Crippen molar-refractivity contribution in [3.05, 3.63) is 48.4 Å². The summed E-state index contributed by atoms with van der Waals surface area (Å²) in [6.45, 7) is 0. The van der Waals surface area contributed by atoms with Gasteiger partial charge in [-0.1, -0.05) is 0 Å². The molecule has 3 rings (SSSR count). The number of nitrogens with zero attached hydrogens (tertiary/aromatic N) is 4. The van der Waals surface area contributed by atoms with Gasteiger partial charge in [0.15, 0.2) is 0 Å². The highest BCUT2D eigenvalue weighted by molar-refractivity contribution is 7.99. The van der Waals surface area contributed by atoms with Gasteiger partial charge in [-0.2, -0.15) is 13.2 Å². The first-order valence-electron chi connectivity index (χ1n) is 5.97. The van der Waals surface area contributed by atoms with Crippen molar-refractivity contribution in [2.75, 3.05) is 0 Å². The lowest BCUT2D eigenvalue weighted by molar-refractivity contribution is -0.137. The lowest BCUT2D eigenvalue weighted by Gasteiger charge is -2.05. The zero-order valence-electron chi connectivity index (χ0n) is 10.8. The molecule has 0 saturated carbocycles. The molecule has 0 aliphatic carbocycles. The normalized spacial score (nSPS) is 11.6. The number of alkyl halides is 3. The van der Waals surface area contributed by atoms with Crippen LogP contribution in [0.2, 0.25) is 0 Å². The molecule has 9 heteroatoms. The van der Waals surface area contributed by atoms with Crippen molar-refractivity contribution in [1.82, 2.24) is 20.2 Å². The van der Waals surface area contributed by atoms with E-state index in [1.54, 1.807) is 24.5 Å². The number of rotatable bonds is 3. The highest BCUT2D eigenvalue weighted by Gasteiger charge is 2.30. The average molecular weight is 324 g/mol. The predicted molar refractivity (Wildman–Crippen MR) is 70.9 cm³/mol. The maximum atomic E-state index is 12.4. The Bertz CT molecular complexity index is 759. The molecule has 0 aliphatic heterocycles. The third kappa shape index (κ3) is 3.25. The minimum Gasteiger partial charge on any atom is -0.411 e. The summed E-state index contributed by atoms with van der Waals surface area (Å²) in [6.07, 6.45) is -0.467. The lowest BCUT2D eigenvalue weighted by Crippen LogP contribution is -2.04. The standard InChI is InChI=1S/C13H7F3N4OS/c14-13(15,16)9-1-2-10(18-7-9)22-12-20-19-11(21-12)8-3-5-17-6-4-8/h1-7H. The van der Waals surface area contributed by atoms with Crippen LogP contribution in [0.1, 0.15) is 5.56 Å². The van der Waals surface area contributed by atoms with Gasteiger partial charge in [-0.05, 0) is 36.0 Å². The number of pyridine rings is 2. The highest BCUT2D eigenvalue weighted by Crippen LogP contribution is 2.31. The molecule has 0 N–H and O–H groups in total. The second kappa shape index (κ2) is 5.76. The van der Waals surface area contributed by atoms with Crippen molar-refractivity contribution in [2.24, 2.45) is 0 Å². The van der Waals surface area contributed by atoms with Crippen LogP contribution in [0, 0.1) is 0 Å². The minimum absolute atomic E-state index is 0.194. The second-order valence-electron chi connectivity index (χ2n) is 4.09. The number of aromatic nitrogens is 4. The molecule has 0 aliphatic rings. The molecular weight excluding hydrogens is 317 g/mol. The van der Waals surface area contributed by atoms with Gasteiger partial charge in [0.25, 0.3) is 5.22 Å². The van der Waals surface area contributed by atoms with Gasteiger partial charge in [-0.15, -0.1) is 10.2 Å². The fourth-order valence-electron chi connectivity index (χ4n) is 1.56. The summed E-state index contributed by atoms with van der Waals surface area (Å²) in [5.74, 6) is 0.303. The van der Waals surface area contributed by atoms with Crippen LogP contribution in [0.15, 0.2) is 57.5 Å². The van der Waals surface area contributed by atoms with Crippen molar-refractivity contribution < 1.29 is 17.6 Å². The van der Waals surface area contributed by atoms with Crippen molar-refractivity contribution in [3.63, 3.8) is 0 Å². The molecule has 112 valence electrons. The van der Waals surface area contributed by atoms with Crippen LogP contribution < -0.4 is 0 Å². The van der Waals surface area contributed by atoms with E-state index >= 15 is 0 Å². The van der Waals surface area contributed by atoms with Crippen LogP contribution in [-0.2, 0) is 6.18 Å². The van der Waals surface area contributed by atoms with Gasteiger partial charge in [0.05, 0.1) is 5.56 Å². The SMILES string of the molecule is FC(F)(F)c1ccc(Sc2nnc(-c3ccncc3)o2)nc1. The van der Waals surface area contributed by atoms with Gasteiger partial charge in [-0.3, -0.25) is 4.98 Å². The molecule has 0 fully saturated rings. The molecule has 0 aromatic carbocycles. The molecule has 0 amide bonds. The largest absolute Gasteiger partial charge is 0.417 e. The topological polar surface area (TPSA) is 64.7 Å². The maximum Gasteiger partial charge on any atom is 0.417 e. The van der Waals surface area contributed by atoms with E-state index in [0.717, 1.165) is 24.0 Å². The van der Waals surface area contributed by atoms with Crippen LogP contribution in [0.5, 0.6) is 0 Å². The zero-order chi connectivity index (χ0) is 15.6. The first kappa shape index (κ1) is 14.5. The van der Waals surface area contributed by atoms with E-state index in [-0.39, 0.29) is 5.22 Å². The van der Waals surface area contributed by atoms with Crippen LogP contribution >= 0.6 is 11.8 Å². The zero-order valence-corrected chi connectivity index (χ0v) is 11.6. The number of hydrogen-bond donors (Lipinski definition) is 0. The van der Waals surface area contributed by atoms with E-state index in [1.165, 1.54) is 6.07 Å². The summed E-state index contributed by atoms with van der Waals surface area (Å²) < 4.78 is 42.8. The summed E-state index contributed by atoms with van der Waals surface area (Å²) in [7, 11) is 0. The van der Waals surface area contributed by atoms with Crippen LogP contribution in [0.4, 0.5) is 13.2 Å². The molecule has 3 aromatic rings. The van der Waals surface area contributed by atoms with Crippen molar-refractivity contribution in [3.8, 4) is 11.5 Å². The van der Waals surface area contributed by atoms with Crippen LogP contribution in [-0.4, -0.2) is 20.2 Å². The minimum atomic E-state index is -4.41. The summed E-state index contributed by atoms with van der Waals surface area (Å²) in [5, 5.41) is 8.21. The highest BCUT2D eigenvalue weighted by atomic mass is 32.2.